The molecule has 28 heavy (non-hydrogen) atoms. The van der Waals surface area contributed by atoms with Crippen molar-refractivity contribution in [3.05, 3.63) is 71.2 Å². The number of hydrogen-bond donors (Lipinski definition) is 1. The van der Waals surface area contributed by atoms with Crippen molar-refractivity contribution in [3.63, 3.8) is 0 Å². The molecule has 0 aliphatic carbocycles. The average Bonchev–Trinajstić information content (AvgIpc) is 3.13. The summed E-state index contributed by atoms with van der Waals surface area (Å²) in [4.78, 5) is 16.6. The molecule has 1 amide bonds. The van der Waals surface area contributed by atoms with Gasteiger partial charge in [-0.25, -0.2) is 10.0 Å². The second kappa shape index (κ2) is 7.58. The van der Waals surface area contributed by atoms with Gasteiger partial charge in [0, 0.05) is 7.05 Å². The molecule has 0 bridgehead atoms. The SMILES string of the molecule is CC(C(=O)N(C)O)c1ccc2cc(OCc3nc4ccccc4s3)ccc2c1. The molecular formula is C22H20N2O3S. The van der Waals surface area contributed by atoms with Crippen molar-refractivity contribution in [1.82, 2.24) is 10.0 Å². The van der Waals surface area contributed by atoms with Crippen LogP contribution in [0.3, 0.4) is 0 Å². The van der Waals surface area contributed by atoms with E-state index in [0.29, 0.717) is 11.7 Å². The van der Waals surface area contributed by atoms with Crippen molar-refractivity contribution in [2.45, 2.75) is 19.4 Å². The van der Waals surface area contributed by atoms with Crippen molar-refractivity contribution in [2.75, 3.05) is 7.05 Å². The van der Waals surface area contributed by atoms with E-state index < -0.39 is 5.92 Å². The van der Waals surface area contributed by atoms with E-state index in [2.05, 4.69) is 11.1 Å². The third kappa shape index (κ3) is 3.69. The van der Waals surface area contributed by atoms with Gasteiger partial charge in [-0.3, -0.25) is 10.0 Å². The lowest BCUT2D eigenvalue weighted by Crippen LogP contribution is -2.27. The summed E-state index contributed by atoms with van der Waals surface area (Å²) in [5.74, 6) is 0.0308. The van der Waals surface area contributed by atoms with Gasteiger partial charge in [0.25, 0.3) is 5.91 Å². The minimum absolute atomic E-state index is 0.338. The fourth-order valence-electron chi connectivity index (χ4n) is 3.15. The molecule has 5 nitrogen and oxygen atoms in total. The molecule has 1 atom stereocenters. The lowest BCUT2D eigenvalue weighted by molar-refractivity contribution is -0.160. The van der Waals surface area contributed by atoms with Gasteiger partial charge < -0.3 is 4.74 Å². The van der Waals surface area contributed by atoms with E-state index in [0.717, 1.165) is 37.3 Å². The molecule has 0 aliphatic heterocycles. The molecule has 6 heteroatoms. The lowest BCUT2D eigenvalue weighted by atomic mass is 9.97. The highest BCUT2D eigenvalue weighted by Gasteiger charge is 2.18. The number of fused-ring (bicyclic) bond motifs is 2. The molecule has 1 unspecified atom stereocenters. The van der Waals surface area contributed by atoms with Crippen molar-refractivity contribution in [3.8, 4) is 5.75 Å². The number of carbonyl (C=O) groups excluding carboxylic acids is 1. The number of aromatic nitrogens is 1. The molecule has 4 rings (SSSR count). The summed E-state index contributed by atoms with van der Waals surface area (Å²) >= 11 is 1.64. The van der Waals surface area contributed by atoms with Gasteiger partial charge in [0.05, 0.1) is 16.1 Å². The molecule has 0 saturated heterocycles. The summed E-state index contributed by atoms with van der Waals surface area (Å²) < 4.78 is 7.09. The van der Waals surface area contributed by atoms with Crippen molar-refractivity contribution >= 4 is 38.2 Å². The summed E-state index contributed by atoms with van der Waals surface area (Å²) in [5.41, 5.74) is 1.86. The minimum Gasteiger partial charge on any atom is -0.486 e. The highest BCUT2D eigenvalue weighted by Crippen LogP contribution is 2.27. The number of amides is 1. The van der Waals surface area contributed by atoms with Crippen LogP contribution in [0.1, 0.15) is 23.4 Å². The number of carbonyl (C=O) groups is 1. The summed E-state index contributed by atoms with van der Waals surface area (Å²) in [6.45, 7) is 2.21. The van der Waals surface area contributed by atoms with E-state index in [1.807, 2.05) is 54.6 Å². The highest BCUT2D eigenvalue weighted by atomic mass is 32.1. The van der Waals surface area contributed by atoms with Crippen LogP contribution in [0, 0.1) is 0 Å². The number of benzene rings is 3. The molecule has 0 spiro atoms. The van der Waals surface area contributed by atoms with E-state index in [9.17, 15) is 10.0 Å². The summed E-state index contributed by atoms with van der Waals surface area (Å²) in [6, 6.07) is 19.8. The average molecular weight is 392 g/mol. The maximum Gasteiger partial charge on any atom is 0.252 e. The Balaban J connectivity index is 1.51. The molecule has 0 fully saturated rings. The van der Waals surface area contributed by atoms with Crippen LogP contribution in [0.2, 0.25) is 0 Å². The molecule has 0 saturated carbocycles. The Kier molecular flexibility index (Phi) is 4.98. The zero-order valence-corrected chi connectivity index (χ0v) is 16.4. The first kappa shape index (κ1) is 18.4. The molecule has 4 aromatic rings. The maximum absolute atomic E-state index is 12.0. The number of para-hydroxylation sites is 1. The van der Waals surface area contributed by atoms with Crippen LogP contribution < -0.4 is 4.74 Å². The lowest BCUT2D eigenvalue weighted by Gasteiger charge is -2.16. The van der Waals surface area contributed by atoms with Gasteiger partial charge in [0.1, 0.15) is 17.4 Å². The van der Waals surface area contributed by atoms with Gasteiger partial charge in [-0.05, 0) is 47.5 Å². The monoisotopic (exact) mass is 392 g/mol. The van der Waals surface area contributed by atoms with E-state index in [1.165, 1.54) is 7.05 Å². The van der Waals surface area contributed by atoms with E-state index in [1.54, 1.807) is 18.3 Å². The van der Waals surface area contributed by atoms with Gasteiger partial charge >= 0.3 is 0 Å². The number of likely N-dealkylation sites (N-methyl/N-ethyl adjacent to an activating group) is 1. The Labute approximate surface area is 166 Å². The Morgan fingerprint density at radius 3 is 2.68 bits per heavy atom. The molecule has 1 aromatic heterocycles. The van der Waals surface area contributed by atoms with Crippen LogP contribution in [0.4, 0.5) is 0 Å². The quantitative estimate of drug-likeness (QED) is 0.384. The number of hydroxylamine groups is 2. The van der Waals surface area contributed by atoms with Gasteiger partial charge in [0.2, 0.25) is 0 Å². The molecule has 142 valence electrons. The zero-order chi connectivity index (χ0) is 19.7. The van der Waals surface area contributed by atoms with Crippen LogP contribution in [-0.4, -0.2) is 28.2 Å². The van der Waals surface area contributed by atoms with Gasteiger partial charge in [0.15, 0.2) is 0 Å². The van der Waals surface area contributed by atoms with Crippen LogP contribution in [-0.2, 0) is 11.4 Å². The maximum atomic E-state index is 12.0. The van der Waals surface area contributed by atoms with Crippen molar-refractivity contribution in [2.24, 2.45) is 0 Å². The van der Waals surface area contributed by atoms with Gasteiger partial charge in [-0.1, -0.05) is 36.4 Å². The van der Waals surface area contributed by atoms with Crippen LogP contribution in [0.25, 0.3) is 21.0 Å². The van der Waals surface area contributed by atoms with Crippen LogP contribution >= 0.6 is 11.3 Å². The van der Waals surface area contributed by atoms with Crippen LogP contribution in [0.5, 0.6) is 5.75 Å². The smallest absolute Gasteiger partial charge is 0.252 e. The third-order valence-corrected chi connectivity index (χ3v) is 5.74. The third-order valence-electron chi connectivity index (χ3n) is 4.73. The Morgan fingerprint density at radius 2 is 1.89 bits per heavy atom. The van der Waals surface area contributed by atoms with E-state index in [-0.39, 0.29) is 5.91 Å². The fraction of sp³-hybridized carbons (Fsp3) is 0.182. The van der Waals surface area contributed by atoms with Crippen molar-refractivity contribution < 1.29 is 14.7 Å². The van der Waals surface area contributed by atoms with Crippen molar-refractivity contribution in [1.29, 1.82) is 0 Å². The Bertz CT molecular complexity index is 1120. The molecule has 0 radical (unpaired) electrons. The predicted octanol–water partition coefficient (Wildman–Crippen LogP) is 4.98. The second-order valence-corrected chi connectivity index (χ2v) is 7.83. The molecule has 0 aliphatic rings. The topological polar surface area (TPSA) is 62.7 Å². The molecule has 1 N–H and O–H groups in total. The predicted molar refractivity (Wildman–Crippen MR) is 111 cm³/mol. The van der Waals surface area contributed by atoms with Gasteiger partial charge in [-0.2, -0.15) is 0 Å². The number of hydrogen-bond acceptors (Lipinski definition) is 5. The van der Waals surface area contributed by atoms with Crippen LogP contribution in [0.15, 0.2) is 60.7 Å². The minimum atomic E-state index is -0.408. The summed E-state index contributed by atoms with van der Waals surface area (Å²) in [7, 11) is 1.34. The summed E-state index contributed by atoms with van der Waals surface area (Å²) in [5, 5.41) is 13.0. The first-order chi connectivity index (χ1) is 13.5. The van der Waals surface area contributed by atoms with E-state index >= 15 is 0 Å². The summed E-state index contributed by atoms with van der Waals surface area (Å²) in [6.07, 6.45) is 0. The van der Waals surface area contributed by atoms with E-state index in [4.69, 9.17) is 4.74 Å². The second-order valence-electron chi connectivity index (χ2n) is 6.72. The zero-order valence-electron chi connectivity index (χ0n) is 15.6. The number of thiazole rings is 1. The number of rotatable bonds is 5. The highest BCUT2D eigenvalue weighted by molar-refractivity contribution is 7.18. The first-order valence-corrected chi connectivity index (χ1v) is 9.80. The van der Waals surface area contributed by atoms with Gasteiger partial charge in [-0.15, -0.1) is 11.3 Å². The molecule has 1 heterocycles. The Hall–Kier alpha value is -2.96. The largest absolute Gasteiger partial charge is 0.486 e. The fourth-order valence-corrected chi connectivity index (χ4v) is 4.03. The first-order valence-electron chi connectivity index (χ1n) is 8.98. The standard InChI is InChI=1S/C22H20N2O3S/c1-14(22(25)24(2)26)15-7-8-17-12-18(10-9-16(17)11-15)27-13-21-23-19-5-3-4-6-20(19)28-21/h3-12,14,26H,13H2,1-2H3. The normalized spacial score (nSPS) is 12.2. The number of ether oxygens (including phenoxy) is 1. The number of nitrogens with zero attached hydrogens (tertiary/aromatic N) is 2. The molecule has 3 aromatic carbocycles. The Morgan fingerprint density at radius 1 is 1.14 bits per heavy atom. The molecular weight excluding hydrogens is 372 g/mol.